The molecular formula is C25H46N2O2. The minimum atomic E-state index is 0.0324. The molecule has 2 fully saturated rings. The summed E-state index contributed by atoms with van der Waals surface area (Å²) in [5.41, 5.74) is 0.309. The summed E-state index contributed by atoms with van der Waals surface area (Å²) in [6.45, 7) is 13.4. The van der Waals surface area contributed by atoms with Crippen LogP contribution < -0.4 is 0 Å². The van der Waals surface area contributed by atoms with E-state index in [9.17, 15) is 9.59 Å². The van der Waals surface area contributed by atoms with Crippen molar-refractivity contribution in [2.24, 2.45) is 5.41 Å². The van der Waals surface area contributed by atoms with Gasteiger partial charge in [-0.2, -0.15) is 0 Å². The van der Waals surface area contributed by atoms with Gasteiger partial charge in [0.2, 0.25) is 11.8 Å². The highest BCUT2D eigenvalue weighted by Crippen LogP contribution is 2.45. The average molecular weight is 407 g/mol. The van der Waals surface area contributed by atoms with E-state index in [1.54, 1.807) is 4.90 Å². The van der Waals surface area contributed by atoms with Crippen LogP contribution in [0.15, 0.2) is 0 Å². The Balaban J connectivity index is 1.96. The SMILES string of the molecule is CCCCCCCCCCC(CN1C(=O)CCC1=O)N1CCCC(C)(C)C1(C)C. The molecule has 0 spiro atoms. The van der Waals surface area contributed by atoms with Crippen LogP contribution in [0.3, 0.4) is 0 Å². The van der Waals surface area contributed by atoms with E-state index in [1.165, 1.54) is 64.2 Å². The molecule has 0 aromatic heterocycles. The summed E-state index contributed by atoms with van der Waals surface area (Å²) in [6, 6.07) is 0.288. The normalized spacial score (nSPS) is 23.0. The number of rotatable bonds is 12. The summed E-state index contributed by atoms with van der Waals surface area (Å²) < 4.78 is 0. The number of hydrogen-bond donors (Lipinski definition) is 0. The predicted octanol–water partition coefficient (Wildman–Crippen LogP) is 5.94. The maximum atomic E-state index is 12.3. The van der Waals surface area contributed by atoms with E-state index in [2.05, 4.69) is 39.5 Å². The molecule has 0 bridgehead atoms. The Hall–Kier alpha value is -0.900. The van der Waals surface area contributed by atoms with Crippen LogP contribution in [0, 0.1) is 5.41 Å². The molecule has 0 saturated carbocycles. The molecule has 2 amide bonds. The maximum absolute atomic E-state index is 12.3. The number of carbonyl (C=O) groups is 2. The van der Waals surface area contributed by atoms with Gasteiger partial charge in [-0.25, -0.2) is 0 Å². The first-order chi connectivity index (χ1) is 13.7. The second-order valence-corrected chi connectivity index (χ2v) is 10.6. The van der Waals surface area contributed by atoms with Gasteiger partial charge in [0.25, 0.3) is 0 Å². The van der Waals surface area contributed by atoms with Crippen molar-refractivity contribution in [2.45, 2.75) is 130 Å². The predicted molar refractivity (Wildman–Crippen MR) is 121 cm³/mol. The van der Waals surface area contributed by atoms with Gasteiger partial charge in [-0.3, -0.25) is 19.4 Å². The highest BCUT2D eigenvalue weighted by Gasteiger charge is 2.47. The third kappa shape index (κ3) is 6.29. The molecule has 2 saturated heterocycles. The van der Waals surface area contributed by atoms with Crippen molar-refractivity contribution < 1.29 is 9.59 Å². The highest BCUT2D eigenvalue weighted by molar-refractivity contribution is 6.01. The Bertz CT molecular complexity index is 525. The molecule has 2 heterocycles. The standard InChI is InChI=1S/C25H46N2O2/c1-6-7-8-9-10-11-12-13-15-21(20-26-22(28)16-17-23(26)29)27-19-14-18-24(2,3)25(27,4)5/h21H,6-20H2,1-5H3. The average Bonchev–Trinajstić information content (AvgIpc) is 2.97. The quantitative estimate of drug-likeness (QED) is 0.298. The molecule has 4 heteroatoms. The zero-order chi connectivity index (χ0) is 21.5. The lowest BCUT2D eigenvalue weighted by Crippen LogP contribution is -2.62. The second kappa shape index (κ2) is 10.9. The Labute approximate surface area is 179 Å². The molecule has 0 aliphatic carbocycles. The molecule has 168 valence electrons. The number of carbonyl (C=O) groups excluding carboxylic acids is 2. The molecule has 4 nitrogen and oxygen atoms in total. The van der Waals surface area contributed by atoms with Crippen molar-refractivity contribution >= 4 is 11.8 Å². The van der Waals surface area contributed by atoms with Gasteiger partial charge >= 0.3 is 0 Å². The van der Waals surface area contributed by atoms with Crippen molar-refractivity contribution in [1.29, 1.82) is 0 Å². The third-order valence-corrected chi connectivity index (χ3v) is 7.95. The molecule has 29 heavy (non-hydrogen) atoms. The Morgan fingerprint density at radius 2 is 1.41 bits per heavy atom. The zero-order valence-electron chi connectivity index (χ0n) is 19.9. The number of piperidine rings is 1. The summed E-state index contributed by atoms with van der Waals surface area (Å²) in [7, 11) is 0. The van der Waals surface area contributed by atoms with Crippen LogP contribution in [0.5, 0.6) is 0 Å². The van der Waals surface area contributed by atoms with Crippen LogP contribution in [0.4, 0.5) is 0 Å². The fraction of sp³-hybridized carbons (Fsp3) is 0.920. The third-order valence-electron chi connectivity index (χ3n) is 7.95. The molecule has 2 aliphatic heterocycles. The van der Waals surface area contributed by atoms with Crippen LogP contribution in [0.1, 0.15) is 118 Å². The van der Waals surface area contributed by atoms with E-state index in [4.69, 9.17) is 0 Å². The lowest BCUT2D eigenvalue weighted by Gasteiger charge is -2.56. The molecule has 1 atom stereocenters. The summed E-state index contributed by atoms with van der Waals surface area (Å²) in [6.07, 6.45) is 14.8. The second-order valence-electron chi connectivity index (χ2n) is 10.6. The molecule has 0 radical (unpaired) electrons. The molecule has 0 aromatic carbocycles. The van der Waals surface area contributed by atoms with Crippen LogP contribution in [0.2, 0.25) is 0 Å². The summed E-state index contributed by atoms with van der Waals surface area (Å²) in [5.74, 6) is 0.0648. The van der Waals surface area contributed by atoms with Crippen LogP contribution >= 0.6 is 0 Å². The number of nitrogens with zero attached hydrogens (tertiary/aromatic N) is 2. The van der Waals surface area contributed by atoms with Crippen LogP contribution in [0.25, 0.3) is 0 Å². The first-order valence-corrected chi connectivity index (χ1v) is 12.3. The van der Waals surface area contributed by atoms with E-state index in [0.717, 1.165) is 13.0 Å². The van der Waals surface area contributed by atoms with Gasteiger partial charge in [0.1, 0.15) is 0 Å². The maximum Gasteiger partial charge on any atom is 0.229 e. The van der Waals surface area contributed by atoms with Gasteiger partial charge < -0.3 is 0 Å². The minimum Gasteiger partial charge on any atom is -0.293 e. The number of imide groups is 1. The van der Waals surface area contributed by atoms with Crippen LogP contribution in [-0.4, -0.2) is 46.3 Å². The summed E-state index contributed by atoms with van der Waals surface area (Å²) in [5, 5.41) is 0. The van der Waals surface area contributed by atoms with E-state index in [0.29, 0.717) is 19.4 Å². The van der Waals surface area contributed by atoms with E-state index < -0.39 is 0 Å². The largest absolute Gasteiger partial charge is 0.293 e. The Morgan fingerprint density at radius 3 is 2.00 bits per heavy atom. The smallest absolute Gasteiger partial charge is 0.229 e. The summed E-state index contributed by atoms with van der Waals surface area (Å²) in [4.78, 5) is 28.8. The van der Waals surface area contributed by atoms with E-state index in [1.807, 2.05) is 0 Å². The lowest BCUT2D eigenvalue weighted by molar-refractivity contribution is -0.141. The molecule has 2 rings (SSSR count). The molecule has 1 unspecified atom stereocenters. The molecular weight excluding hydrogens is 360 g/mol. The molecule has 2 aliphatic rings. The Morgan fingerprint density at radius 1 is 0.862 bits per heavy atom. The van der Waals surface area contributed by atoms with Gasteiger partial charge in [0, 0.05) is 31.0 Å². The van der Waals surface area contributed by atoms with Gasteiger partial charge in [0.05, 0.1) is 0 Å². The van der Waals surface area contributed by atoms with Crippen molar-refractivity contribution in [1.82, 2.24) is 9.80 Å². The first kappa shape index (κ1) is 24.4. The van der Waals surface area contributed by atoms with Crippen LogP contribution in [-0.2, 0) is 9.59 Å². The Kier molecular flexibility index (Phi) is 9.18. The topological polar surface area (TPSA) is 40.6 Å². The number of unbranched alkanes of at least 4 members (excludes halogenated alkanes) is 7. The van der Waals surface area contributed by atoms with Crippen molar-refractivity contribution in [3.05, 3.63) is 0 Å². The highest BCUT2D eigenvalue weighted by atomic mass is 16.2. The molecule has 0 N–H and O–H groups in total. The van der Waals surface area contributed by atoms with Crippen molar-refractivity contribution in [2.75, 3.05) is 13.1 Å². The van der Waals surface area contributed by atoms with Gasteiger partial charge in [0.15, 0.2) is 0 Å². The number of amides is 2. The van der Waals surface area contributed by atoms with Crippen molar-refractivity contribution in [3.8, 4) is 0 Å². The first-order valence-electron chi connectivity index (χ1n) is 12.3. The van der Waals surface area contributed by atoms with E-state index >= 15 is 0 Å². The van der Waals surface area contributed by atoms with Gasteiger partial charge in [-0.05, 0) is 45.1 Å². The van der Waals surface area contributed by atoms with Gasteiger partial charge in [-0.15, -0.1) is 0 Å². The fourth-order valence-corrected chi connectivity index (χ4v) is 5.20. The van der Waals surface area contributed by atoms with Gasteiger partial charge in [-0.1, -0.05) is 72.1 Å². The van der Waals surface area contributed by atoms with E-state index in [-0.39, 0.29) is 28.8 Å². The van der Waals surface area contributed by atoms with Crippen molar-refractivity contribution in [3.63, 3.8) is 0 Å². The lowest BCUT2D eigenvalue weighted by atomic mass is 9.67. The molecule has 0 aromatic rings. The summed E-state index contributed by atoms with van der Waals surface area (Å²) >= 11 is 0. The number of hydrogen-bond acceptors (Lipinski definition) is 3. The fourth-order valence-electron chi connectivity index (χ4n) is 5.20. The number of likely N-dealkylation sites (tertiary alicyclic amines) is 2. The minimum absolute atomic E-state index is 0.0324. The monoisotopic (exact) mass is 406 g/mol. The zero-order valence-corrected chi connectivity index (χ0v) is 19.9.